The molecule has 0 spiro atoms. The molecule has 1 aliphatic heterocycles. The van der Waals surface area contributed by atoms with Crippen LogP contribution in [-0.4, -0.2) is 23.3 Å². The molecule has 0 unspecified atom stereocenters. The number of hydrogen-bond acceptors (Lipinski definition) is 2. The van der Waals surface area contributed by atoms with Gasteiger partial charge in [0.15, 0.2) is 0 Å². The molecule has 0 atom stereocenters. The number of carbonyl (C=O) groups excluding carboxylic acids is 2. The summed E-state index contributed by atoms with van der Waals surface area (Å²) < 4.78 is 0. The third-order valence-corrected chi connectivity index (χ3v) is 4.84. The predicted molar refractivity (Wildman–Crippen MR) is 90.7 cm³/mol. The number of aryl methyl sites for hydroxylation is 1. The van der Waals surface area contributed by atoms with Crippen molar-refractivity contribution < 1.29 is 9.59 Å². The van der Waals surface area contributed by atoms with Crippen LogP contribution in [0.5, 0.6) is 0 Å². The smallest absolute Gasteiger partial charge is 0.251 e. The van der Waals surface area contributed by atoms with Gasteiger partial charge in [-0.1, -0.05) is 44.4 Å². The second-order valence-corrected chi connectivity index (χ2v) is 6.35. The Morgan fingerprint density at radius 2 is 1.87 bits per heavy atom. The number of carbonyl (C=O) groups is 2. The van der Waals surface area contributed by atoms with Gasteiger partial charge in [0.25, 0.3) is 5.91 Å². The number of anilines is 1. The maximum absolute atomic E-state index is 12.6. The third kappa shape index (κ3) is 3.31. The minimum absolute atomic E-state index is 0.0439. The topological polar surface area (TPSA) is 40.6 Å². The van der Waals surface area contributed by atoms with Crippen LogP contribution in [0.15, 0.2) is 36.7 Å². The van der Waals surface area contributed by atoms with E-state index in [1.807, 2.05) is 24.3 Å². The zero-order valence-corrected chi connectivity index (χ0v) is 13.7. The largest absolute Gasteiger partial charge is 0.308 e. The average molecular weight is 312 g/mol. The Labute approximate surface area is 137 Å². The maximum Gasteiger partial charge on any atom is 0.251 e. The monoisotopic (exact) mass is 312 g/mol. The molecular formula is C19H24N2O2. The third-order valence-electron chi connectivity index (χ3n) is 4.84. The number of nitrogens with zero attached hydrogens (tertiary/aromatic N) is 2. The molecule has 1 heterocycles. The number of rotatable bonds is 3. The molecule has 0 bridgehead atoms. The van der Waals surface area contributed by atoms with Crippen LogP contribution < -0.4 is 4.90 Å². The van der Waals surface area contributed by atoms with Crippen molar-refractivity contribution in [1.29, 1.82) is 0 Å². The van der Waals surface area contributed by atoms with Gasteiger partial charge >= 0.3 is 0 Å². The molecule has 0 radical (unpaired) electrons. The highest BCUT2D eigenvalue weighted by Crippen LogP contribution is 2.28. The summed E-state index contributed by atoms with van der Waals surface area (Å²) in [5.41, 5.74) is 2.05. The Morgan fingerprint density at radius 1 is 1.13 bits per heavy atom. The van der Waals surface area contributed by atoms with Crippen molar-refractivity contribution in [3.8, 4) is 0 Å². The van der Waals surface area contributed by atoms with Crippen molar-refractivity contribution in [2.45, 2.75) is 45.4 Å². The first kappa shape index (κ1) is 15.8. The van der Waals surface area contributed by atoms with Gasteiger partial charge in [0, 0.05) is 18.3 Å². The van der Waals surface area contributed by atoms with E-state index in [0.717, 1.165) is 43.4 Å². The molecule has 23 heavy (non-hydrogen) atoms. The summed E-state index contributed by atoms with van der Waals surface area (Å²) in [6.07, 6.45) is 9.76. The SMILES string of the molecule is CCc1ccccc1N1C=CN(C(=O)C2CCCCC2)CC1=O. The lowest BCUT2D eigenvalue weighted by Gasteiger charge is -2.32. The van der Waals surface area contributed by atoms with Crippen LogP contribution in [-0.2, 0) is 16.0 Å². The van der Waals surface area contributed by atoms with Crippen LogP contribution >= 0.6 is 0 Å². The zero-order chi connectivity index (χ0) is 16.2. The molecule has 0 aromatic heterocycles. The molecule has 1 aromatic rings. The summed E-state index contributed by atoms with van der Waals surface area (Å²) in [6.45, 7) is 2.22. The first-order valence-corrected chi connectivity index (χ1v) is 8.59. The van der Waals surface area contributed by atoms with E-state index in [1.165, 1.54) is 6.42 Å². The van der Waals surface area contributed by atoms with Crippen molar-refractivity contribution in [2.75, 3.05) is 11.4 Å². The van der Waals surface area contributed by atoms with Crippen molar-refractivity contribution in [1.82, 2.24) is 4.90 Å². The van der Waals surface area contributed by atoms with Crippen LogP contribution in [0, 0.1) is 5.92 Å². The van der Waals surface area contributed by atoms with E-state index in [-0.39, 0.29) is 24.3 Å². The molecular weight excluding hydrogens is 288 g/mol. The number of para-hydroxylation sites is 1. The number of benzene rings is 1. The summed E-state index contributed by atoms with van der Waals surface area (Å²) in [7, 11) is 0. The van der Waals surface area contributed by atoms with Gasteiger partial charge in [0.1, 0.15) is 6.54 Å². The molecule has 0 saturated heterocycles. The second kappa shape index (κ2) is 6.99. The molecule has 4 nitrogen and oxygen atoms in total. The van der Waals surface area contributed by atoms with Gasteiger partial charge in [0.05, 0.1) is 5.69 Å². The summed E-state index contributed by atoms with van der Waals surface area (Å²) in [5.74, 6) is 0.158. The Hall–Kier alpha value is -2.10. The van der Waals surface area contributed by atoms with Gasteiger partial charge in [-0.15, -0.1) is 0 Å². The summed E-state index contributed by atoms with van der Waals surface area (Å²) >= 11 is 0. The molecule has 2 amide bonds. The Balaban J connectivity index is 1.76. The first-order valence-electron chi connectivity index (χ1n) is 8.59. The summed E-state index contributed by atoms with van der Waals surface area (Å²) in [4.78, 5) is 28.4. The summed E-state index contributed by atoms with van der Waals surface area (Å²) in [6, 6.07) is 7.92. The van der Waals surface area contributed by atoms with Gasteiger partial charge in [-0.05, 0) is 30.9 Å². The fourth-order valence-corrected chi connectivity index (χ4v) is 3.50. The quantitative estimate of drug-likeness (QED) is 0.857. The van der Waals surface area contributed by atoms with Crippen LogP contribution in [0.2, 0.25) is 0 Å². The number of hydrogen-bond donors (Lipinski definition) is 0. The predicted octanol–water partition coefficient (Wildman–Crippen LogP) is 3.48. The van der Waals surface area contributed by atoms with Crippen LogP contribution in [0.25, 0.3) is 0 Å². The van der Waals surface area contributed by atoms with E-state index in [2.05, 4.69) is 6.92 Å². The molecule has 2 aliphatic rings. The van der Waals surface area contributed by atoms with Crippen molar-refractivity contribution in [3.05, 3.63) is 42.2 Å². The van der Waals surface area contributed by atoms with Crippen LogP contribution in [0.1, 0.15) is 44.6 Å². The molecule has 0 N–H and O–H groups in total. The number of amides is 2. The van der Waals surface area contributed by atoms with E-state index in [9.17, 15) is 9.59 Å². The molecule has 4 heteroatoms. The van der Waals surface area contributed by atoms with Crippen molar-refractivity contribution >= 4 is 17.5 Å². The lowest BCUT2D eigenvalue weighted by Crippen LogP contribution is -2.45. The molecule has 3 rings (SSSR count). The van der Waals surface area contributed by atoms with Gasteiger partial charge in [0.2, 0.25) is 5.91 Å². The highest BCUT2D eigenvalue weighted by atomic mass is 16.2. The zero-order valence-electron chi connectivity index (χ0n) is 13.7. The van der Waals surface area contributed by atoms with Crippen LogP contribution in [0.3, 0.4) is 0 Å². The Kier molecular flexibility index (Phi) is 4.79. The maximum atomic E-state index is 12.6. The molecule has 1 fully saturated rings. The molecule has 1 aromatic carbocycles. The van der Waals surface area contributed by atoms with Gasteiger partial charge in [-0.25, -0.2) is 0 Å². The molecule has 122 valence electrons. The fourth-order valence-electron chi connectivity index (χ4n) is 3.50. The van der Waals surface area contributed by atoms with Crippen LogP contribution in [0.4, 0.5) is 5.69 Å². The van der Waals surface area contributed by atoms with Gasteiger partial charge in [-0.2, -0.15) is 0 Å². The van der Waals surface area contributed by atoms with E-state index in [0.29, 0.717) is 0 Å². The lowest BCUT2D eigenvalue weighted by atomic mass is 9.88. The Bertz CT molecular complexity index is 618. The van der Waals surface area contributed by atoms with E-state index < -0.39 is 0 Å². The second-order valence-electron chi connectivity index (χ2n) is 6.35. The average Bonchev–Trinajstić information content (AvgIpc) is 2.61. The Morgan fingerprint density at radius 3 is 2.57 bits per heavy atom. The summed E-state index contributed by atoms with van der Waals surface area (Å²) in [5, 5.41) is 0. The highest BCUT2D eigenvalue weighted by molar-refractivity contribution is 6.00. The standard InChI is InChI=1S/C19H24N2O2/c1-2-15-8-6-7-11-17(15)21-13-12-20(14-18(21)22)19(23)16-9-4-3-5-10-16/h6-8,11-13,16H,2-5,9-10,14H2,1H3. The van der Waals surface area contributed by atoms with E-state index in [1.54, 1.807) is 22.2 Å². The highest BCUT2D eigenvalue weighted by Gasteiger charge is 2.30. The minimum atomic E-state index is -0.0439. The van der Waals surface area contributed by atoms with E-state index >= 15 is 0 Å². The minimum Gasteiger partial charge on any atom is -0.308 e. The van der Waals surface area contributed by atoms with Crippen molar-refractivity contribution in [2.24, 2.45) is 5.92 Å². The molecule has 1 saturated carbocycles. The van der Waals surface area contributed by atoms with Crippen molar-refractivity contribution in [3.63, 3.8) is 0 Å². The van der Waals surface area contributed by atoms with Gasteiger partial charge in [-0.3, -0.25) is 14.5 Å². The van der Waals surface area contributed by atoms with E-state index in [4.69, 9.17) is 0 Å². The first-order chi connectivity index (χ1) is 11.2. The van der Waals surface area contributed by atoms with Gasteiger partial charge < -0.3 is 4.90 Å². The lowest BCUT2D eigenvalue weighted by molar-refractivity contribution is -0.137. The normalized spacial score (nSPS) is 19.3. The fraction of sp³-hybridized carbons (Fsp3) is 0.474. The molecule has 1 aliphatic carbocycles.